The summed E-state index contributed by atoms with van der Waals surface area (Å²) in [4.78, 5) is 26.8. The second-order valence-corrected chi connectivity index (χ2v) is 15.9. The highest BCUT2D eigenvalue weighted by atomic mass is 79.9. The summed E-state index contributed by atoms with van der Waals surface area (Å²) in [5.74, 6) is 1.76. The molecule has 6 aliphatic rings. The molecule has 0 bridgehead atoms. The maximum absolute atomic E-state index is 12.9. The van der Waals surface area contributed by atoms with E-state index >= 15 is 0 Å². The summed E-state index contributed by atoms with van der Waals surface area (Å²) in [5, 5.41) is 20.1. The van der Waals surface area contributed by atoms with Crippen LogP contribution in [0.15, 0.2) is 0 Å². The van der Waals surface area contributed by atoms with E-state index in [0.717, 1.165) is 87.3 Å². The maximum Gasteiger partial charge on any atom is 0.353 e. The molecule has 13 nitrogen and oxygen atoms in total. The van der Waals surface area contributed by atoms with E-state index in [-0.39, 0.29) is 78.5 Å². The lowest BCUT2D eigenvalue weighted by Crippen LogP contribution is -3.00. The van der Waals surface area contributed by atoms with Gasteiger partial charge in [0.05, 0.1) is 70.4 Å². The summed E-state index contributed by atoms with van der Waals surface area (Å²) in [6.45, 7) is 29.4. The molecule has 6 fully saturated rings. The van der Waals surface area contributed by atoms with Gasteiger partial charge in [-0.25, -0.2) is 9.97 Å². The predicted octanol–water partition coefficient (Wildman–Crippen LogP) is -8.02. The van der Waals surface area contributed by atoms with Crippen LogP contribution in [0, 0.1) is 17.0 Å². The Kier molecular flexibility index (Phi) is 16.7. The highest BCUT2D eigenvalue weighted by Crippen LogP contribution is 2.37. The number of nitrogens with zero attached hydrogens (tertiary/aromatic N) is 9. The first kappa shape index (κ1) is 44.2. The van der Waals surface area contributed by atoms with Crippen molar-refractivity contribution in [3.8, 4) is 0 Å². The van der Waals surface area contributed by atoms with Gasteiger partial charge < -0.3 is 89.3 Å². The zero-order valence-electron chi connectivity index (χ0n) is 30.2. The van der Waals surface area contributed by atoms with E-state index in [4.69, 9.17) is 9.97 Å². The quantitative estimate of drug-likeness (QED) is 0.176. The van der Waals surface area contributed by atoms with Gasteiger partial charge in [-0.2, -0.15) is 0 Å². The van der Waals surface area contributed by atoms with Crippen molar-refractivity contribution < 1.29 is 73.8 Å². The van der Waals surface area contributed by atoms with Gasteiger partial charge >= 0.3 is 5.69 Å². The van der Waals surface area contributed by atoms with Crippen LogP contribution >= 0.6 is 17.0 Å². The van der Waals surface area contributed by atoms with Crippen LogP contribution in [0.3, 0.4) is 0 Å². The normalized spacial score (nSPS) is 33.5. The number of quaternary nitrogens is 4. The van der Waals surface area contributed by atoms with Gasteiger partial charge in [0.25, 0.3) is 0 Å². The highest BCUT2D eigenvalue weighted by molar-refractivity contribution is 8.93. The fourth-order valence-electron chi connectivity index (χ4n) is 9.99. The number of halogens is 4. The lowest BCUT2D eigenvalue weighted by molar-refractivity contribution is -1.03. The van der Waals surface area contributed by atoms with Gasteiger partial charge in [0, 0.05) is 65.0 Å². The Hall–Kier alpha value is -0.240. The van der Waals surface area contributed by atoms with Crippen molar-refractivity contribution in [1.82, 2.24) is 20.6 Å². The molecule has 2 N–H and O–H groups in total. The van der Waals surface area contributed by atoms with Gasteiger partial charge in [0.2, 0.25) is 11.6 Å². The van der Waals surface area contributed by atoms with E-state index in [9.17, 15) is 10.1 Å². The maximum atomic E-state index is 12.9. The summed E-state index contributed by atoms with van der Waals surface area (Å²) in [6.07, 6.45) is 4.66. The SMILES string of the molecule is Br.Cc1nc(N2CCC[N+]3(CC2)CC[N+]2(CCCNCC2)CC3)c([N+](=O)[O-])c(N2CCC[N+]3(CC2)CC[N+]2(CCCNCC2)CC3)n1.[Br-].[Br-].[Br-]. The van der Waals surface area contributed by atoms with E-state index < -0.39 is 0 Å². The van der Waals surface area contributed by atoms with Crippen molar-refractivity contribution in [3.63, 3.8) is 0 Å². The Balaban J connectivity index is 0.00000169. The van der Waals surface area contributed by atoms with Crippen molar-refractivity contribution in [2.75, 3.05) is 167 Å². The van der Waals surface area contributed by atoms with Crippen LogP contribution in [0.2, 0.25) is 0 Å². The number of piperazine rings is 2. The topological polar surface area (TPSA) is 99.5 Å². The van der Waals surface area contributed by atoms with Gasteiger partial charge in [-0.1, -0.05) is 0 Å². The molecule has 0 aliphatic carbocycles. The minimum Gasteiger partial charge on any atom is -1.00 e. The minimum atomic E-state index is -0.182. The summed E-state index contributed by atoms with van der Waals surface area (Å²) in [7, 11) is 0. The first-order chi connectivity index (χ1) is 22.3. The monoisotopic (exact) mass is 960 g/mol. The second-order valence-electron chi connectivity index (χ2n) is 15.9. The van der Waals surface area contributed by atoms with Crippen LogP contribution in [-0.2, 0) is 0 Å². The minimum absolute atomic E-state index is 0. The highest BCUT2D eigenvalue weighted by Gasteiger charge is 2.46. The molecule has 288 valence electrons. The lowest BCUT2D eigenvalue weighted by Gasteiger charge is -2.49. The first-order valence-corrected chi connectivity index (χ1v) is 18.7. The molecule has 1 aromatic heterocycles. The number of anilines is 2. The van der Waals surface area contributed by atoms with Crippen LogP contribution in [0.1, 0.15) is 31.5 Å². The second kappa shape index (κ2) is 18.9. The van der Waals surface area contributed by atoms with Gasteiger partial charge in [0.1, 0.15) is 58.2 Å². The molecule has 50 heavy (non-hydrogen) atoms. The number of aromatic nitrogens is 2. The van der Waals surface area contributed by atoms with Gasteiger partial charge in [-0.05, 0) is 6.92 Å². The van der Waals surface area contributed by atoms with Crippen LogP contribution in [0.25, 0.3) is 0 Å². The zero-order valence-corrected chi connectivity index (χ0v) is 36.7. The summed E-state index contributed by atoms with van der Waals surface area (Å²) in [5.41, 5.74) is 0.132. The average Bonchev–Trinajstić information content (AvgIpc) is 3.59. The molecule has 6 aliphatic heterocycles. The Morgan fingerprint density at radius 2 is 0.900 bits per heavy atom. The molecule has 0 saturated carbocycles. The Labute approximate surface area is 342 Å². The van der Waals surface area contributed by atoms with E-state index in [1.165, 1.54) is 113 Å². The lowest BCUT2D eigenvalue weighted by atomic mass is 10.1. The third-order valence-corrected chi connectivity index (χ3v) is 13.2. The van der Waals surface area contributed by atoms with Crippen LogP contribution in [0.5, 0.6) is 0 Å². The number of hydrogen-bond donors (Lipinski definition) is 2. The molecule has 1 aromatic rings. The molecule has 4 spiro atoms. The van der Waals surface area contributed by atoms with Crippen molar-refractivity contribution in [3.05, 3.63) is 15.9 Å². The fraction of sp³-hybridized carbons (Fsp3) is 0.879. The van der Waals surface area contributed by atoms with E-state index in [1.54, 1.807) is 0 Å². The molecule has 7 heterocycles. The third-order valence-electron chi connectivity index (χ3n) is 13.2. The number of hydrogen-bond acceptors (Lipinski definition) is 8. The standard InChI is InChI=1S/C33H61N11O2.4BrH/c1-30-36-32(38-10-4-16-43(20-12-38)26-22-41(23-27-43)14-2-6-34-8-18-41)31(40(45)46)33(37-30)39-11-5-17-44(21-13-39)28-24-42(25-29-44)15-3-7-35-9-19-42;;;;/h34-35H,2-29H2,1H3;4*1H/q+4;;;;/p-3. The molecular formula is C33H62Br4N11O2+. The van der Waals surface area contributed by atoms with Crippen molar-refractivity contribution in [1.29, 1.82) is 0 Å². The largest absolute Gasteiger partial charge is 1.00 e. The molecule has 0 atom stereocenters. The van der Waals surface area contributed by atoms with Crippen LogP contribution in [0.4, 0.5) is 17.3 Å². The summed E-state index contributed by atoms with van der Waals surface area (Å²) >= 11 is 0. The van der Waals surface area contributed by atoms with Crippen molar-refractivity contribution in [2.45, 2.75) is 32.6 Å². The molecule has 0 unspecified atom stereocenters. The number of nitrogens with one attached hydrogen (secondary N) is 2. The Morgan fingerprint density at radius 1 is 0.540 bits per heavy atom. The smallest absolute Gasteiger partial charge is 0.353 e. The van der Waals surface area contributed by atoms with Crippen molar-refractivity contribution >= 4 is 34.3 Å². The van der Waals surface area contributed by atoms with E-state index in [1.807, 2.05) is 6.92 Å². The van der Waals surface area contributed by atoms with Gasteiger partial charge in [-0.3, -0.25) is 10.1 Å². The van der Waals surface area contributed by atoms with Gasteiger partial charge in [0.15, 0.2) is 0 Å². The zero-order chi connectivity index (χ0) is 31.7. The number of nitro groups is 1. The summed E-state index contributed by atoms with van der Waals surface area (Å²) < 4.78 is 4.89. The first-order valence-electron chi connectivity index (χ1n) is 18.7. The number of rotatable bonds is 3. The third kappa shape index (κ3) is 9.70. The molecule has 17 heteroatoms. The van der Waals surface area contributed by atoms with Crippen LogP contribution in [-0.4, -0.2) is 190 Å². The predicted molar refractivity (Wildman–Crippen MR) is 191 cm³/mol. The average molecular weight is 965 g/mol. The molecule has 0 radical (unpaired) electrons. The number of aryl methyl sites for hydroxylation is 1. The molecule has 7 rings (SSSR count). The molecule has 6 saturated heterocycles. The van der Waals surface area contributed by atoms with E-state index in [0.29, 0.717) is 17.5 Å². The van der Waals surface area contributed by atoms with Crippen molar-refractivity contribution in [2.24, 2.45) is 0 Å². The molecular weight excluding hydrogens is 902 g/mol. The summed E-state index contributed by atoms with van der Waals surface area (Å²) in [6, 6.07) is 0. The van der Waals surface area contributed by atoms with Crippen LogP contribution < -0.4 is 71.4 Å². The fourth-order valence-corrected chi connectivity index (χ4v) is 9.99. The van der Waals surface area contributed by atoms with Gasteiger partial charge in [-0.15, -0.1) is 17.0 Å². The Bertz CT molecular complexity index is 1150. The molecule has 0 amide bonds. The van der Waals surface area contributed by atoms with E-state index in [2.05, 4.69) is 20.4 Å². The Morgan fingerprint density at radius 3 is 1.28 bits per heavy atom. The molecule has 0 aromatic carbocycles.